The van der Waals surface area contributed by atoms with Crippen molar-refractivity contribution in [3.63, 3.8) is 0 Å². The number of benzene rings is 1. The number of aromatic nitrogens is 2. The molecule has 1 aliphatic heterocycles. The summed E-state index contributed by atoms with van der Waals surface area (Å²) in [7, 11) is -1.57. The number of piperidine rings is 1. The van der Waals surface area contributed by atoms with E-state index in [0.717, 1.165) is 17.1 Å². The standard InChI is InChI=1S/C21H30N6O4S/c1-15-14-19(25-17-4-6-18(31-2)7-5-17)26-21(24-15)23-11-10-22-20(28)16-8-12-27(13-9-16)32(3,29)30/h4-7,14,16H,8-13H2,1-3H3,(H,22,28)(H2,23,24,25,26). The number of sulfonamides is 1. The monoisotopic (exact) mass is 462 g/mol. The smallest absolute Gasteiger partial charge is 0.224 e. The van der Waals surface area contributed by atoms with E-state index in [1.165, 1.54) is 10.6 Å². The van der Waals surface area contributed by atoms with Crippen molar-refractivity contribution in [2.24, 2.45) is 5.92 Å². The van der Waals surface area contributed by atoms with Crippen LogP contribution in [0.5, 0.6) is 5.75 Å². The molecule has 1 aliphatic rings. The zero-order chi connectivity index (χ0) is 23.1. The molecule has 0 saturated carbocycles. The van der Waals surface area contributed by atoms with E-state index >= 15 is 0 Å². The Kier molecular flexibility index (Phi) is 7.86. The van der Waals surface area contributed by atoms with Gasteiger partial charge in [-0.2, -0.15) is 4.98 Å². The first-order valence-electron chi connectivity index (χ1n) is 10.5. The third kappa shape index (κ3) is 6.79. The molecule has 0 atom stereocenters. The fourth-order valence-corrected chi connectivity index (χ4v) is 4.36. The van der Waals surface area contributed by atoms with Crippen LogP contribution in [0.15, 0.2) is 30.3 Å². The van der Waals surface area contributed by atoms with Crippen LogP contribution in [0.1, 0.15) is 18.5 Å². The largest absolute Gasteiger partial charge is 0.497 e. The van der Waals surface area contributed by atoms with Crippen molar-refractivity contribution in [2.75, 3.05) is 50.2 Å². The van der Waals surface area contributed by atoms with Gasteiger partial charge in [0.1, 0.15) is 11.6 Å². The number of hydrogen-bond acceptors (Lipinski definition) is 8. The fraction of sp³-hybridized carbons (Fsp3) is 0.476. The lowest BCUT2D eigenvalue weighted by molar-refractivity contribution is -0.126. The van der Waals surface area contributed by atoms with Crippen LogP contribution in [-0.2, 0) is 14.8 Å². The first-order valence-corrected chi connectivity index (χ1v) is 12.3. The Morgan fingerprint density at radius 3 is 2.47 bits per heavy atom. The van der Waals surface area contributed by atoms with Crippen LogP contribution in [0.2, 0.25) is 0 Å². The minimum atomic E-state index is -3.19. The maximum Gasteiger partial charge on any atom is 0.224 e. The van der Waals surface area contributed by atoms with Crippen molar-refractivity contribution in [1.82, 2.24) is 19.6 Å². The molecule has 1 saturated heterocycles. The molecule has 0 bridgehead atoms. The van der Waals surface area contributed by atoms with E-state index in [-0.39, 0.29) is 11.8 Å². The number of carbonyl (C=O) groups is 1. The molecule has 0 spiro atoms. The minimum absolute atomic E-state index is 0.0491. The Morgan fingerprint density at radius 2 is 1.84 bits per heavy atom. The maximum atomic E-state index is 12.4. The van der Waals surface area contributed by atoms with Gasteiger partial charge in [-0.05, 0) is 44.0 Å². The van der Waals surface area contributed by atoms with Crippen molar-refractivity contribution < 1.29 is 17.9 Å². The number of ether oxygens (including phenoxy) is 1. The second-order valence-electron chi connectivity index (χ2n) is 7.73. The fourth-order valence-electron chi connectivity index (χ4n) is 3.49. The number of rotatable bonds is 9. The zero-order valence-corrected chi connectivity index (χ0v) is 19.4. The first-order chi connectivity index (χ1) is 15.2. The van der Waals surface area contributed by atoms with E-state index in [1.54, 1.807) is 7.11 Å². The predicted molar refractivity (Wildman–Crippen MR) is 124 cm³/mol. The highest BCUT2D eigenvalue weighted by Crippen LogP contribution is 2.20. The highest BCUT2D eigenvalue weighted by atomic mass is 32.2. The average Bonchev–Trinajstić information content (AvgIpc) is 2.76. The number of aryl methyl sites for hydroxylation is 1. The summed E-state index contributed by atoms with van der Waals surface area (Å²) in [5.41, 5.74) is 1.68. The molecule has 0 aliphatic carbocycles. The van der Waals surface area contributed by atoms with Gasteiger partial charge < -0.3 is 20.7 Å². The lowest BCUT2D eigenvalue weighted by Gasteiger charge is -2.29. The Balaban J connectivity index is 1.45. The SMILES string of the molecule is COc1ccc(Nc2cc(C)nc(NCCNC(=O)C3CCN(S(C)(=O)=O)CC3)n2)cc1. The van der Waals surface area contributed by atoms with Crippen LogP contribution in [0, 0.1) is 12.8 Å². The minimum Gasteiger partial charge on any atom is -0.497 e. The third-order valence-electron chi connectivity index (χ3n) is 5.22. The van der Waals surface area contributed by atoms with Crippen molar-refractivity contribution in [1.29, 1.82) is 0 Å². The maximum absolute atomic E-state index is 12.4. The number of nitrogens with one attached hydrogen (secondary N) is 3. The first kappa shape index (κ1) is 23.7. The van der Waals surface area contributed by atoms with E-state index in [2.05, 4.69) is 25.9 Å². The predicted octanol–water partition coefficient (Wildman–Crippen LogP) is 1.74. The molecule has 10 nitrogen and oxygen atoms in total. The molecule has 1 aromatic carbocycles. The molecule has 1 fully saturated rings. The van der Waals surface area contributed by atoms with Crippen LogP contribution in [-0.4, -0.2) is 68.1 Å². The van der Waals surface area contributed by atoms with Gasteiger partial charge in [-0.15, -0.1) is 0 Å². The van der Waals surface area contributed by atoms with Crippen molar-refractivity contribution in [3.05, 3.63) is 36.0 Å². The Morgan fingerprint density at radius 1 is 1.16 bits per heavy atom. The molecular formula is C21H30N6O4S. The Bertz CT molecular complexity index is 1020. The summed E-state index contributed by atoms with van der Waals surface area (Å²) in [6, 6.07) is 9.38. The molecule has 0 unspecified atom stereocenters. The van der Waals surface area contributed by atoms with Gasteiger partial charge in [-0.1, -0.05) is 0 Å². The van der Waals surface area contributed by atoms with Gasteiger partial charge in [0.05, 0.1) is 13.4 Å². The number of hydrogen-bond donors (Lipinski definition) is 3. The molecule has 174 valence electrons. The molecule has 1 aromatic heterocycles. The van der Waals surface area contributed by atoms with Crippen LogP contribution in [0.25, 0.3) is 0 Å². The van der Waals surface area contributed by atoms with Crippen LogP contribution < -0.4 is 20.7 Å². The van der Waals surface area contributed by atoms with Crippen LogP contribution >= 0.6 is 0 Å². The number of anilines is 3. The van der Waals surface area contributed by atoms with Crippen molar-refractivity contribution in [2.45, 2.75) is 19.8 Å². The second kappa shape index (κ2) is 10.6. The van der Waals surface area contributed by atoms with Gasteiger partial charge in [0.25, 0.3) is 0 Å². The summed E-state index contributed by atoms with van der Waals surface area (Å²) >= 11 is 0. The van der Waals surface area contributed by atoms with E-state index < -0.39 is 10.0 Å². The summed E-state index contributed by atoms with van der Waals surface area (Å²) in [5, 5.41) is 9.27. The molecule has 2 aromatic rings. The van der Waals surface area contributed by atoms with Gasteiger partial charge in [-0.3, -0.25) is 4.79 Å². The van der Waals surface area contributed by atoms with E-state index in [4.69, 9.17) is 4.74 Å². The number of methoxy groups -OCH3 is 1. The number of amides is 1. The van der Waals surface area contributed by atoms with Crippen molar-refractivity contribution in [3.8, 4) is 5.75 Å². The highest BCUT2D eigenvalue weighted by Gasteiger charge is 2.28. The van der Waals surface area contributed by atoms with E-state index in [9.17, 15) is 13.2 Å². The third-order valence-corrected chi connectivity index (χ3v) is 6.52. The lowest BCUT2D eigenvalue weighted by Crippen LogP contribution is -2.43. The van der Waals surface area contributed by atoms with Crippen molar-refractivity contribution >= 4 is 33.4 Å². The summed E-state index contributed by atoms with van der Waals surface area (Å²) in [5.74, 6) is 1.69. The topological polar surface area (TPSA) is 126 Å². The van der Waals surface area contributed by atoms with Crippen LogP contribution in [0.3, 0.4) is 0 Å². The quantitative estimate of drug-likeness (QED) is 0.481. The second-order valence-corrected chi connectivity index (χ2v) is 9.71. The van der Waals surface area contributed by atoms with E-state index in [1.807, 2.05) is 37.3 Å². The average molecular weight is 463 g/mol. The lowest BCUT2D eigenvalue weighted by atomic mass is 9.97. The van der Waals surface area contributed by atoms with Gasteiger partial charge in [0.2, 0.25) is 21.9 Å². The Labute approximate surface area is 188 Å². The number of carbonyl (C=O) groups excluding carboxylic acids is 1. The van der Waals surface area contributed by atoms with E-state index in [0.29, 0.717) is 50.8 Å². The van der Waals surface area contributed by atoms with Crippen LogP contribution in [0.4, 0.5) is 17.5 Å². The zero-order valence-electron chi connectivity index (χ0n) is 18.6. The van der Waals surface area contributed by atoms with Gasteiger partial charge >= 0.3 is 0 Å². The molecule has 11 heteroatoms. The molecule has 3 N–H and O–H groups in total. The normalized spacial score (nSPS) is 15.2. The van der Waals surface area contributed by atoms with Gasteiger partial charge in [-0.25, -0.2) is 17.7 Å². The molecule has 3 rings (SSSR count). The molecule has 2 heterocycles. The molecule has 32 heavy (non-hydrogen) atoms. The summed E-state index contributed by atoms with van der Waals surface area (Å²) in [6.45, 7) is 3.55. The van der Waals surface area contributed by atoms with Gasteiger partial charge in [0.15, 0.2) is 0 Å². The Hall–Kier alpha value is -2.92. The molecular weight excluding hydrogens is 432 g/mol. The summed E-state index contributed by atoms with van der Waals surface area (Å²) < 4.78 is 29.7. The molecule has 1 amide bonds. The molecule has 0 radical (unpaired) electrons. The number of nitrogens with zero attached hydrogens (tertiary/aromatic N) is 3. The van der Waals surface area contributed by atoms with Gasteiger partial charge in [0, 0.05) is 49.5 Å². The summed E-state index contributed by atoms with van der Waals surface area (Å²) in [4.78, 5) is 21.2. The summed E-state index contributed by atoms with van der Waals surface area (Å²) in [6.07, 6.45) is 2.27. The highest BCUT2D eigenvalue weighted by molar-refractivity contribution is 7.88.